The van der Waals surface area contributed by atoms with Crippen molar-refractivity contribution < 1.29 is 13.2 Å². The van der Waals surface area contributed by atoms with Crippen LogP contribution in [0.2, 0.25) is 0 Å². The third-order valence-electron chi connectivity index (χ3n) is 3.71. The molecule has 0 N–H and O–H groups in total. The molecule has 6 heteroatoms. The van der Waals surface area contributed by atoms with Crippen molar-refractivity contribution in [1.29, 1.82) is 0 Å². The van der Waals surface area contributed by atoms with Crippen molar-refractivity contribution in [3.8, 4) is 0 Å². The van der Waals surface area contributed by atoms with Gasteiger partial charge in [0.15, 0.2) is 0 Å². The summed E-state index contributed by atoms with van der Waals surface area (Å²) in [7, 11) is -0.0359. The monoisotopic (exact) mass is 361 g/mol. The lowest BCUT2D eigenvalue weighted by molar-refractivity contribution is 0.0563. The van der Waals surface area contributed by atoms with E-state index in [1.54, 1.807) is 14.1 Å². The van der Waals surface area contributed by atoms with Crippen molar-refractivity contribution in [2.24, 2.45) is 5.92 Å². The van der Waals surface area contributed by atoms with Gasteiger partial charge < -0.3 is 4.74 Å². The van der Waals surface area contributed by atoms with Crippen molar-refractivity contribution in [2.45, 2.75) is 18.1 Å². The maximum absolute atomic E-state index is 12.4. The molecule has 0 saturated carbocycles. The fraction of sp³-hybridized carbons (Fsp3) is 0.571. The molecule has 4 nitrogen and oxygen atoms in total. The Morgan fingerprint density at radius 3 is 2.55 bits per heavy atom. The first-order valence-corrected chi connectivity index (χ1v) is 8.94. The minimum Gasteiger partial charge on any atom is -0.381 e. The summed E-state index contributed by atoms with van der Waals surface area (Å²) in [5.41, 5.74) is 1.14. The van der Waals surface area contributed by atoms with Crippen molar-refractivity contribution in [3.63, 3.8) is 0 Å². The van der Waals surface area contributed by atoms with E-state index in [9.17, 15) is 8.42 Å². The number of rotatable bonds is 4. The molecular formula is C14H20BrNO3S. The summed E-state index contributed by atoms with van der Waals surface area (Å²) in [4.78, 5) is 0. The Hall–Kier alpha value is -0.430. The van der Waals surface area contributed by atoms with Gasteiger partial charge in [0, 0.05) is 31.1 Å². The van der Waals surface area contributed by atoms with Gasteiger partial charge in [-0.3, -0.25) is 0 Å². The molecule has 0 amide bonds. The fourth-order valence-electron chi connectivity index (χ4n) is 2.55. The quantitative estimate of drug-likeness (QED) is 0.826. The molecule has 0 radical (unpaired) electrons. The number of benzene rings is 1. The molecule has 1 aliphatic rings. The van der Waals surface area contributed by atoms with Gasteiger partial charge in [-0.05, 0) is 30.5 Å². The van der Waals surface area contributed by atoms with Gasteiger partial charge in [0.1, 0.15) is 0 Å². The van der Waals surface area contributed by atoms with E-state index in [0.29, 0.717) is 19.6 Å². The predicted molar refractivity (Wildman–Crippen MR) is 83.2 cm³/mol. The third kappa shape index (κ3) is 3.61. The summed E-state index contributed by atoms with van der Waals surface area (Å²) >= 11 is 3.41. The van der Waals surface area contributed by atoms with Gasteiger partial charge in [-0.2, -0.15) is 0 Å². The predicted octanol–water partition coefficient (Wildman–Crippen LogP) is 2.29. The maximum atomic E-state index is 12.4. The molecule has 2 rings (SSSR count). The zero-order valence-corrected chi connectivity index (χ0v) is 14.2. The molecule has 1 aromatic carbocycles. The lowest BCUT2D eigenvalue weighted by Crippen LogP contribution is -2.44. The Labute approximate surface area is 129 Å². The second-order valence-electron chi connectivity index (χ2n) is 5.32. The van der Waals surface area contributed by atoms with Crippen molar-refractivity contribution in [1.82, 2.24) is 4.31 Å². The standard InChI is InChI=1S/C14H20BrNO3S/c1-16(2)20(17,18)14-7-8-19-10-12(14)9-11-3-5-13(15)6-4-11/h3-6,12,14H,7-10H2,1-2H3/t12-,14-/m1/s1. The van der Waals surface area contributed by atoms with Crippen LogP contribution in [-0.4, -0.2) is 45.3 Å². The van der Waals surface area contributed by atoms with Crippen LogP contribution in [0.3, 0.4) is 0 Å². The molecule has 2 atom stereocenters. The largest absolute Gasteiger partial charge is 0.381 e. The van der Waals surface area contributed by atoms with E-state index in [4.69, 9.17) is 4.74 Å². The van der Waals surface area contributed by atoms with Crippen LogP contribution in [0.4, 0.5) is 0 Å². The highest BCUT2D eigenvalue weighted by Gasteiger charge is 2.37. The summed E-state index contributed by atoms with van der Waals surface area (Å²) in [6.45, 7) is 1.03. The van der Waals surface area contributed by atoms with Crippen LogP contribution in [-0.2, 0) is 21.2 Å². The number of ether oxygens (including phenoxy) is 1. The van der Waals surface area contributed by atoms with Crippen LogP contribution in [0.5, 0.6) is 0 Å². The van der Waals surface area contributed by atoms with E-state index in [-0.39, 0.29) is 11.2 Å². The van der Waals surface area contributed by atoms with Crippen LogP contribution in [0, 0.1) is 5.92 Å². The smallest absolute Gasteiger partial charge is 0.216 e. The zero-order valence-electron chi connectivity index (χ0n) is 11.8. The molecule has 20 heavy (non-hydrogen) atoms. The Kier molecular flexibility index (Phi) is 5.23. The highest BCUT2D eigenvalue weighted by molar-refractivity contribution is 9.10. The molecule has 0 aromatic heterocycles. The highest BCUT2D eigenvalue weighted by atomic mass is 79.9. The second kappa shape index (κ2) is 6.56. The Balaban J connectivity index is 2.17. The SMILES string of the molecule is CN(C)S(=O)(=O)[C@@H]1CCOC[C@H]1Cc1ccc(Br)cc1. The van der Waals surface area contributed by atoms with Crippen LogP contribution in [0.1, 0.15) is 12.0 Å². The molecule has 0 unspecified atom stereocenters. The minimum absolute atomic E-state index is 0.0114. The molecule has 1 heterocycles. The molecule has 1 aromatic rings. The molecule has 112 valence electrons. The van der Waals surface area contributed by atoms with E-state index in [1.165, 1.54) is 4.31 Å². The van der Waals surface area contributed by atoms with E-state index in [0.717, 1.165) is 16.5 Å². The number of hydrogen-bond donors (Lipinski definition) is 0. The molecule has 1 aliphatic heterocycles. The third-order valence-corrected chi connectivity index (χ3v) is 6.64. The molecule has 0 bridgehead atoms. The van der Waals surface area contributed by atoms with Gasteiger partial charge in [-0.25, -0.2) is 12.7 Å². The lowest BCUT2D eigenvalue weighted by Gasteiger charge is -2.33. The first kappa shape index (κ1) is 15.9. The fourth-order valence-corrected chi connectivity index (χ4v) is 4.41. The first-order chi connectivity index (χ1) is 9.41. The van der Waals surface area contributed by atoms with Crippen LogP contribution in [0.25, 0.3) is 0 Å². The van der Waals surface area contributed by atoms with Gasteiger partial charge in [-0.1, -0.05) is 28.1 Å². The van der Waals surface area contributed by atoms with Gasteiger partial charge in [0.05, 0.1) is 11.9 Å². The first-order valence-electron chi connectivity index (χ1n) is 6.65. The zero-order chi connectivity index (χ0) is 14.8. The summed E-state index contributed by atoms with van der Waals surface area (Å²) in [6.07, 6.45) is 1.30. The summed E-state index contributed by atoms with van der Waals surface area (Å²) in [6, 6.07) is 8.01. The summed E-state index contributed by atoms with van der Waals surface area (Å²) in [5, 5.41) is -0.352. The van der Waals surface area contributed by atoms with Crippen LogP contribution >= 0.6 is 15.9 Å². The van der Waals surface area contributed by atoms with Crippen LogP contribution in [0.15, 0.2) is 28.7 Å². The summed E-state index contributed by atoms with van der Waals surface area (Å²) < 4.78 is 32.7. The lowest BCUT2D eigenvalue weighted by atomic mass is 9.94. The number of halogens is 1. The second-order valence-corrected chi connectivity index (χ2v) is 8.60. The van der Waals surface area contributed by atoms with Gasteiger partial charge >= 0.3 is 0 Å². The van der Waals surface area contributed by atoms with Gasteiger partial charge in [-0.15, -0.1) is 0 Å². The number of sulfonamides is 1. The Bertz CT molecular complexity index is 542. The number of hydrogen-bond acceptors (Lipinski definition) is 3. The molecule has 1 saturated heterocycles. The molecular weight excluding hydrogens is 342 g/mol. The van der Waals surface area contributed by atoms with E-state index >= 15 is 0 Å². The average molecular weight is 362 g/mol. The van der Waals surface area contributed by atoms with E-state index < -0.39 is 10.0 Å². The normalized spacial score (nSPS) is 24.0. The van der Waals surface area contributed by atoms with Crippen LogP contribution < -0.4 is 0 Å². The molecule has 1 fully saturated rings. The topological polar surface area (TPSA) is 46.6 Å². The van der Waals surface area contributed by atoms with Crippen molar-refractivity contribution >= 4 is 26.0 Å². The highest BCUT2D eigenvalue weighted by Crippen LogP contribution is 2.27. The van der Waals surface area contributed by atoms with E-state index in [2.05, 4.69) is 15.9 Å². The maximum Gasteiger partial charge on any atom is 0.216 e. The van der Waals surface area contributed by atoms with Crippen molar-refractivity contribution in [2.75, 3.05) is 27.3 Å². The number of nitrogens with zero attached hydrogens (tertiary/aromatic N) is 1. The molecule has 0 spiro atoms. The van der Waals surface area contributed by atoms with E-state index in [1.807, 2.05) is 24.3 Å². The Morgan fingerprint density at radius 2 is 1.95 bits per heavy atom. The van der Waals surface area contributed by atoms with Gasteiger partial charge in [0.2, 0.25) is 10.0 Å². The van der Waals surface area contributed by atoms with Crippen molar-refractivity contribution in [3.05, 3.63) is 34.3 Å². The Morgan fingerprint density at radius 1 is 1.30 bits per heavy atom. The molecule has 0 aliphatic carbocycles. The van der Waals surface area contributed by atoms with Gasteiger partial charge in [0.25, 0.3) is 0 Å². The summed E-state index contributed by atoms with van der Waals surface area (Å²) in [5.74, 6) is 0.0114. The average Bonchev–Trinajstić information content (AvgIpc) is 2.41. The minimum atomic E-state index is -3.23.